The zero-order valence-electron chi connectivity index (χ0n) is 9.83. The molecule has 88 valence electrons. The predicted octanol–water partition coefficient (Wildman–Crippen LogP) is 3.29. The third-order valence-corrected chi connectivity index (χ3v) is 3.49. The molecule has 0 radical (unpaired) electrons. The summed E-state index contributed by atoms with van der Waals surface area (Å²) in [6, 6.07) is 0. The number of aromatic nitrogens is 2. The molecule has 4 heteroatoms. The molecule has 0 aliphatic heterocycles. The first-order chi connectivity index (χ1) is 7.65. The zero-order chi connectivity index (χ0) is 11.5. The van der Waals surface area contributed by atoms with E-state index in [0.29, 0.717) is 5.28 Å². The summed E-state index contributed by atoms with van der Waals surface area (Å²) in [7, 11) is 0. The van der Waals surface area contributed by atoms with Crippen molar-refractivity contribution in [3.8, 4) is 0 Å². The molecule has 1 fully saturated rings. The minimum Gasteiger partial charge on any atom is -0.369 e. The van der Waals surface area contributed by atoms with Crippen molar-refractivity contribution in [1.29, 1.82) is 0 Å². The fourth-order valence-corrected chi connectivity index (χ4v) is 2.48. The molecule has 2 atom stereocenters. The molecule has 1 N–H and O–H groups in total. The highest BCUT2D eigenvalue weighted by Crippen LogP contribution is 2.30. The summed E-state index contributed by atoms with van der Waals surface area (Å²) in [5, 5.41) is 3.69. The van der Waals surface area contributed by atoms with Gasteiger partial charge in [0.05, 0.1) is 0 Å². The molecule has 1 saturated carbocycles. The Morgan fingerprint density at radius 3 is 3.00 bits per heavy atom. The third kappa shape index (κ3) is 2.85. The van der Waals surface area contributed by atoms with Gasteiger partial charge in [-0.2, -0.15) is 0 Å². The molecule has 0 amide bonds. The molecule has 1 aromatic heterocycles. The minimum atomic E-state index is 0.313. The molecule has 1 aromatic rings. The SMILES string of the molecule is Cc1cnc(Cl)nc1NCC1CCC(C)C1. The van der Waals surface area contributed by atoms with Crippen molar-refractivity contribution < 1.29 is 0 Å². The Kier molecular flexibility index (Phi) is 3.64. The molecule has 2 rings (SSSR count). The van der Waals surface area contributed by atoms with Crippen LogP contribution in [0.5, 0.6) is 0 Å². The van der Waals surface area contributed by atoms with Crippen LogP contribution in [0, 0.1) is 18.8 Å². The van der Waals surface area contributed by atoms with Gasteiger partial charge in [0.15, 0.2) is 0 Å². The highest BCUT2D eigenvalue weighted by molar-refractivity contribution is 6.28. The van der Waals surface area contributed by atoms with Crippen molar-refractivity contribution in [3.05, 3.63) is 17.0 Å². The molecule has 0 spiro atoms. The Hall–Kier alpha value is -0.830. The van der Waals surface area contributed by atoms with E-state index in [1.807, 2.05) is 6.92 Å². The van der Waals surface area contributed by atoms with Crippen LogP contribution in [0.3, 0.4) is 0 Å². The minimum absolute atomic E-state index is 0.313. The third-order valence-electron chi connectivity index (χ3n) is 3.30. The van der Waals surface area contributed by atoms with Crippen LogP contribution in [0.25, 0.3) is 0 Å². The van der Waals surface area contributed by atoms with E-state index < -0.39 is 0 Å². The normalized spacial score (nSPS) is 24.7. The van der Waals surface area contributed by atoms with E-state index in [9.17, 15) is 0 Å². The maximum absolute atomic E-state index is 5.77. The largest absolute Gasteiger partial charge is 0.369 e. The summed E-state index contributed by atoms with van der Waals surface area (Å²) in [5.74, 6) is 2.53. The number of hydrogen-bond donors (Lipinski definition) is 1. The van der Waals surface area contributed by atoms with Gasteiger partial charge in [-0.1, -0.05) is 13.3 Å². The first-order valence-electron chi connectivity index (χ1n) is 5.88. The number of rotatable bonds is 3. The maximum Gasteiger partial charge on any atom is 0.224 e. The summed E-state index contributed by atoms with van der Waals surface area (Å²) < 4.78 is 0. The molecule has 0 aromatic carbocycles. The lowest BCUT2D eigenvalue weighted by Gasteiger charge is -2.13. The van der Waals surface area contributed by atoms with Crippen molar-refractivity contribution in [2.75, 3.05) is 11.9 Å². The summed E-state index contributed by atoms with van der Waals surface area (Å²) in [4.78, 5) is 8.14. The standard InChI is InChI=1S/C12H18ClN3/c1-8-3-4-10(5-8)7-14-11-9(2)6-15-12(13)16-11/h6,8,10H,3-5,7H2,1-2H3,(H,14,15,16). The van der Waals surface area contributed by atoms with E-state index in [1.165, 1.54) is 19.3 Å². The van der Waals surface area contributed by atoms with Gasteiger partial charge in [-0.25, -0.2) is 9.97 Å². The molecular formula is C12H18ClN3. The molecule has 0 bridgehead atoms. The quantitative estimate of drug-likeness (QED) is 0.823. The second-order valence-corrected chi connectivity index (χ2v) is 5.17. The smallest absolute Gasteiger partial charge is 0.224 e. The summed E-state index contributed by atoms with van der Waals surface area (Å²) in [6.07, 6.45) is 5.77. The van der Waals surface area contributed by atoms with Gasteiger partial charge in [-0.15, -0.1) is 0 Å². The number of hydrogen-bond acceptors (Lipinski definition) is 3. The molecule has 0 saturated heterocycles. The Labute approximate surface area is 102 Å². The first kappa shape index (κ1) is 11.6. The summed E-state index contributed by atoms with van der Waals surface area (Å²) >= 11 is 5.77. The second kappa shape index (κ2) is 5.00. The van der Waals surface area contributed by atoms with E-state index in [2.05, 4.69) is 22.2 Å². The van der Waals surface area contributed by atoms with E-state index in [-0.39, 0.29) is 0 Å². The summed E-state index contributed by atoms with van der Waals surface area (Å²) in [5.41, 5.74) is 1.05. The number of halogens is 1. The highest BCUT2D eigenvalue weighted by atomic mass is 35.5. The predicted molar refractivity (Wildman–Crippen MR) is 66.8 cm³/mol. The lowest BCUT2D eigenvalue weighted by atomic mass is 10.1. The van der Waals surface area contributed by atoms with E-state index in [0.717, 1.165) is 29.8 Å². The Balaban J connectivity index is 1.91. The number of anilines is 1. The van der Waals surface area contributed by atoms with Gasteiger partial charge in [0, 0.05) is 18.3 Å². The van der Waals surface area contributed by atoms with Crippen molar-refractivity contribution in [2.45, 2.75) is 33.1 Å². The Bertz CT molecular complexity index is 367. The average Bonchev–Trinajstić information content (AvgIpc) is 2.66. The Morgan fingerprint density at radius 2 is 2.31 bits per heavy atom. The highest BCUT2D eigenvalue weighted by Gasteiger charge is 2.21. The van der Waals surface area contributed by atoms with Crippen LogP contribution in [-0.2, 0) is 0 Å². The summed E-state index contributed by atoms with van der Waals surface area (Å²) in [6.45, 7) is 5.32. The van der Waals surface area contributed by atoms with Gasteiger partial charge >= 0.3 is 0 Å². The van der Waals surface area contributed by atoms with Crippen molar-refractivity contribution in [2.24, 2.45) is 11.8 Å². The van der Waals surface area contributed by atoms with Gasteiger partial charge in [0.25, 0.3) is 0 Å². The van der Waals surface area contributed by atoms with Crippen LogP contribution in [0.4, 0.5) is 5.82 Å². The van der Waals surface area contributed by atoms with Crippen LogP contribution in [0.1, 0.15) is 31.7 Å². The van der Waals surface area contributed by atoms with Crippen LogP contribution >= 0.6 is 11.6 Å². The molecular weight excluding hydrogens is 222 g/mol. The molecule has 1 aliphatic rings. The first-order valence-corrected chi connectivity index (χ1v) is 6.26. The van der Waals surface area contributed by atoms with Gasteiger partial charge in [0.2, 0.25) is 5.28 Å². The lowest BCUT2D eigenvalue weighted by Crippen LogP contribution is -2.13. The average molecular weight is 240 g/mol. The topological polar surface area (TPSA) is 37.8 Å². The van der Waals surface area contributed by atoms with Crippen LogP contribution in [-0.4, -0.2) is 16.5 Å². The molecule has 2 unspecified atom stereocenters. The van der Waals surface area contributed by atoms with Crippen LogP contribution < -0.4 is 5.32 Å². The van der Waals surface area contributed by atoms with Gasteiger partial charge < -0.3 is 5.32 Å². The number of nitrogens with one attached hydrogen (secondary N) is 1. The Morgan fingerprint density at radius 1 is 1.50 bits per heavy atom. The number of nitrogens with zero attached hydrogens (tertiary/aromatic N) is 2. The maximum atomic E-state index is 5.77. The number of aryl methyl sites for hydroxylation is 1. The van der Waals surface area contributed by atoms with Crippen LogP contribution in [0.2, 0.25) is 5.28 Å². The second-order valence-electron chi connectivity index (χ2n) is 4.84. The zero-order valence-corrected chi connectivity index (χ0v) is 10.6. The van der Waals surface area contributed by atoms with Crippen molar-refractivity contribution in [3.63, 3.8) is 0 Å². The van der Waals surface area contributed by atoms with Crippen molar-refractivity contribution >= 4 is 17.4 Å². The van der Waals surface area contributed by atoms with Gasteiger partial charge in [0.1, 0.15) is 5.82 Å². The fourth-order valence-electron chi connectivity index (χ4n) is 2.35. The van der Waals surface area contributed by atoms with E-state index in [4.69, 9.17) is 11.6 Å². The van der Waals surface area contributed by atoms with Crippen LogP contribution in [0.15, 0.2) is 6.20 Å². The van der Waals surface area contributed by atoms with E-state index in [1.54, 1.807) is 6.20 Å². The lowest BCUT2D eigenvalue weighted by molar-refractivity contribution is 0.536. The fraction of sp³-hybridized carbons (Fsp3) is 0.667. The van der Waals surface area contributed by atoms with Gasteiger partial charge in [-0.05, 0) is 43.2 Å². The monoisotopic (exact) mass is 239 g/mol. The van der Waals surface area contributed by atoms with Gasteiger partial charge in [-0.3, -0.25) is 0 Å². The molecule has 1 heterocycles. The van der Waals surface area contributed by atoms with E-state index >= 15 is 0 Å². The molecule has 1 aliphatic carbocycles. The molecule has 16 heavy (non-hydrogen) atoms. The molecule has 3 nitrogen and oxygen atoms in total. The van der Waals surface area contributed by atoms with Crippen molar-refractivity contribution in [1.82, 2.24) is 9.97 Å².